The fourth-order valence-electron chi connectivity index (χ4n) is 4.64. The van der Waals surface area contributed by atoms with Crippen molar-refractivity contribution in [3.8, 4) is 0 Å². The summed E-state index contributed by atoms with van der Waals surface area (Å²) in [6, 6.07) is 9.11. The molecule has 0 aromatic heterocycles. The standard InChI is InChI=1S/C25H41NO4Si/c1-17-20(27)26(18(2)19-14-12-11-13-15-19)21(23(3,4)5)25(17,22(28)29)16-30-31(9,10)24(6,7)8/h11-15,17-18,21H,16H2,1-10H3,(H,28,29)/t17?,18-,21?,25+/m1/s1. The molecule has 31 heavy (non-hydrogen) atoms. The second kappa shape index (κ2) is 8.36. The van der Waals surface area contributed by atoms with Crippen LogP contribution in [0.3, 0.4) is 0 Å². The fourth-order valence-corrected chi connectivity index (χ4v) is 5.67. The quantitative estimate of drug-likeness (QED) is 0.565. The molecule has 2 unspecified atom stereocenters. The number of hydrogen-bond donors (Lipinski definition) is 1. The summed E-state index contributed by atoms with van der Waals surface area (Å²) in [6.07, 6.45) is 0. The summed E-state index contributed by atoms with van der Waals surface area (Å²) in [5.74, 6) is -1.74. The fraction of sp³-hybridized carbons (Fsp3) is 0.680. The normalized spacial score (nSPS) is 26.3. The molecular formula is C25H41NO4Si. The molecule has 1 amide bonds. The third-order valence-corrected chi connectivity index (χ3v) is 12.0. The maximum atomic E-state index is 13.6. The highest BCUT2D eigenvalue weighted by Gasteiger charge is 2.66. The minimum atomic E-state index is -2.21. The van der Waals surface area contributed by atoms with Crippen LogP contribution in [0.4, 0.5) is 0 Å². The number of likely N-dealkylation sites (tertiary alicyclic amines) is 1. The number of carboxylic acids is 1. The average molecular weight is 448 g/mol. The Morgan fingerprint density at radius 2 is 1.68 bits per heavy atom. The first-order valence-electron chi connectivity index (χ1n) is 11.2. The molecule has 1 aliphatic rings. The monoisotopic (exact) mass is 447 g/mol. The van der Waals surface area contributed by atoms with Gasteiger partial charge < -0.3 is 14.4 Å². The van der Waals surface area contributed by atoms with Crippen molar-refractivity contribution in [3.05, 3.63) is 35.9 Å². The molecule has 1 aliphatic heterocycles. The van der Waals surface area contributed by atoms with Gasteiger partial charge in [-0.15, -0.1) is 0 Å². The molecule has 5 nitrogen and oxygen atoms in total. The molecule has 1 aromatic rings. The van der Waals surface area contributed by atoms with Crippen molar-refractivity contribution >= 4 is 20.2 Å². The van der Waals surface area contributed by atoms with Crippen LogP contribution in [-0.4, -0.2) is 42.8 Å². The summed E-state index contributed by atoms with van der Waals surface area (Å²) in [5, 5.41) is 10.6. The summed E-state index contributed by atoms with van der Waals surface area (Å²) < 4.78 is 6.50. The molecule has 0 radical (unpaired) electrons. The molecule has 4 atom stereocenters. The van der Waals surface area contributed by atoms with Gasteiger partial charge in [0.25, 0.3) is 0 Å². The molecule has 6 heteroatoms. The van der Waals surface area contributed by atoms with Gasteiger partial charge in [-0.25, -0.2) is 0 Å². The van der Waals surface area contributed by atoms with Gasteiger partial charge in [-0.3, -0.25) is 9.59 Å². The molecule has 2 rings (SSSR count). The summed E-state index contributed by atoms with van der Waals surface area (Å²) in [7, 11) is -2.21. The molecule has 0 saturated carbocycles. The van der Waals surface area contributed by atoms with Gasteiger partial charge in [-0.1, -0.05) is 78.8 Å². The maximum absolute atomic E-state index is 13.6. The first-order chi connectivity index (χ1) is 14.0. The van der Waals surface area contributed by atoms with Crippen LogP contribution < -0.4 is 0 Å². The Balaban J connectivity index is 2.61. The summed E-state index contributed by atoms with van der Waals surface area (Å²) in [6.45, 7) is 20.6. The lowest BCUT2D eigenvalue weighted by Crippen LogP contribution is -2.57. The van der Waals surface area contributed by atoms with Gasteiger partial charge in [0.05, 0.1) is 24.6 Å². The Morgan fingerprint density at radius 3 is 2.10 bits per heavy atom. The maximum Gasteiger partial charge on any atom is 0.314 e. The Labute approximate surface area is 189 Å². The number of nitrogens with zero attached hydrogens (tertiary/aromatic N) is 1. The highest BCUT2D eigenvalue weighted by atomic mass is 28.4. The molecule has 1 fully saturated rings. The van der Waals surface area contributed by atoms with E-state index in [2.05, 4.69) is 33.9 Å². The van der Waals surface area contributed by atoms with Gasteiger partial charge in [-0.2, -0.15) is 0 Å². The molecule has 1 saturated heterocycles. The first kappa shape index (κ1) is 25.6. The van der Waals surface area contributed by atoms with Gasteiger partial charge in [-0.05, 0) is 36.0 Å². The van der Waals surface area contributed by atoms with Crippen molar-refractivity contribution in [2.45, 2.75) is 85.6 Å². The predicted octanol–water partition coefficient (Wildman–Crippen LogP) is 5.73. The van der Waals surface area contributed by atoms with E-state index in [4.69, 9.17) is 4.43 Å². The van der Waals surface area contributed by atoms with E-state index in [9.17, 15) is 14.7 Å². The zero-order valence-corrected chi connectivity index (χ0v) is 21.9. The van der Waals surface area contributed by atoms with Gasteiger partial charge in [0, 0.05) is 0 Å². The van der Waals surface area contributed by atoms with Gasteiger partial charge in [0.15, 0.2) is 8.32 Å². The van der Waals surface area contributed by atoms with Crippen molar-refractivity contribution in [1.29, 1.82) is 0 Å². The van der Waals surface area contributed by atoms with Crippen LogP contribution in [0.5, 0.6) is 0 Å². The highest BCUT2D eigenvalue weighted by molar-refractivity contribution is 6.74. The largest absolute Gasteiger partial charge is 0.481 e. The Kier molecular flexibility index (Phi) is 6.90. The van der Waals surface area contributed by atoms with E-state index < -0.39 is 37.1 Å². The molecule has 1 aromatic carbocycles. The van der Waals surface area contributed by atoms with E-state index in [0.717, 1.165) is 5.56 Å². The van der Waals surface area contributed by atoms with Crippen LogP contribution in [0.1, 0.15) is 67.0 Å². The topological polar surface area (TPSA) is 66.8 Å². The van der Waals surface area contributed by atoms with Crippen LogP contribution in [0.2, 0.25) is 18.1 Å². The predicted molar refractivity (Wildman–Crippen MR) is 127 cm³/mol. The van der Waals surface area contributed by atoms with E-state index >= 15 is 0 Å². The van der Waals surface area contributed by atoms with E-state index in [1.165, 1.54) is 0 Å². The second-order valence-electron chi connectivity index (χ2n) is 11.7. The van der Waals surface area contributed by atoms with Gasteiger partial charge in [0.1, 0.15) is 5.41 Å². The molecular weight excluding hydrogens is 406 g/mol. The number of carbonyl (C=O) groups is 2. The van der Waals surface area contributed by atoms with Crippen LogP contribution in [0.15, 0.2) is 30.3 Å². The highest BCUT2D eigenvalue weighted by Crippen LogP contribution is 2.53. The summed E-state index contributed by atoms with van der Waals surface area (Å²) in [5.41, 5.74) is -0.754. The summed E-state index contributed by atoms with van der Waals surface area (Å²) >= 11 is 0. The molecule has 1 heterocycles. The van der Waals surface area contributed by atoms with Crippen molar-refractivity contribution in [2.75, 3.05) is 6.61 Å². The number of amides is 1. The number of rotatable bonds is 6. The number of hydrogen-bond acceptors (Lipinski definition) is 3. The van der Waals surface area contributed by atoms with E-state index in [0.29, 0.717) is 0 Å². The third kappa shape index (κ3) is 4.47. The molecule has 0 aliphatic carbocycles. The summed E-state index contributed by atoms with van der Waals surface area (Å²) in [4.78, 5) is 28.4. The van der Waals surface area contributed by atoms with E-state index in [1.807, 2.05) is 62.9 Å². The minimum Gasteiger partial charge on any atom is -0.481 e. The van der Waals surface area contributed by atoms with Gasteiger partial charge >= 0.3 is 5.97 Å². The molecule has 0 bridgehead atoms. The lowest BCUT2D eigenvalue weighted by molar-refractivity contribution is -0.159. The lowest BCUT2D eigenvalue weighted by Gasteiger charge is -2.47. The smallest absolute Gasteiger partial charge is 0.314 e. The molecule has 174 valence electrons. The van der Waals surface area contributed by atoms with Crippen molar-refractivity contribution in [2.24, 2.45) is 16.7 Å². The lowest BCUT2D eigenvalue weighted by atomic mass is 9.65. The Bertz CT molecular complexity index is 809. The molecule has 1 N–H and O–H groups in total. The van der Waals surface area contributed by atoms with Crippen molar-refractivity contribution in [3.63, 3.8) is 0 Å². The zero-order valence-electron chi connectivity index (χ0n) is 20.9. The zero-order chi connectivity index (χ0) is 24.0. The van der Waals surface area contributed by atoms with Gasteiger partial charge in [0.2, 0.25) is 5.91 Å². The average Bonchev–Trinajstić information content (AvgIpc) is 2.88. The number of carbonyl (C=O) groups excluding carboxylic acids is 1. The number of carboxylic acid groups (broad SMARTS) is 1. The van der Waals surface area contributed by atoms with Crippen LogP contribution >= 0.6 is 0 Å². The van der Waals surface area contributed by atoms with Crippen molar-refractivity contribution in [1.82, 2.24) is 4.90 Å². The van der Waals surface area contributed by atoms with Crippen LogP contribution in [0.25, 0.3) is 0 Å². The Morgan fingerprint density at radius 1 is 1.16 bits per heavy atom. The second-order valence-corrected chi connectivity index (χ2v) is 16.5. The van der Waals surface area contributed by atoms with E-state index in [-0.39, 0.29) is 23.6 Å². The first-order valence-corrected chi connectivity index (χ1v) is 14.1. The minimum absolute atomic E-state index is 0.0473. The SMILES string of the molecule is CC1C(=O)N([C@H](C)c2ccccc2)C(C(C)(C)C)[C@@]1(CO[Si](C)(C)C(C)(C)C)C(=O)O. The van der Waals surface area contributed by atoms with Crippen LogP contribution in [0, 0.1) is 16.7 Å². The number of aliphatic carboxylic acids is 1. The third-order valence-electron chi connectivity index (χ3n) is 7.56. The molecule has 0 spiro atoms. The van der Waals surface area contributed by atoms with E-state index in [1.54, 1.807) is 6.92 Å². The van der Waals surface area contributed by atoms with Crippen LogP contribution in [-0.2, 0) is 14.0 Å². The van der Waals surface area contributed by atoms with Crippen molar-refractivity contribution < 1.29 is 19.1 Å². The Hall–Kier alpha value is -1.66. The number of benzene rings is 1.